The van der Waals surface area contributed by atoms with Crippen LogP contribution >= 0.6 is 0 Å². The average molecular weight is 234 g/mol. The molecule has 0 atom stereocenters. The summed E-state index contributed by atoms with van der Waals surface area (Å²) in [5.41, 5.74) is 4.09. The fraction of sp³-hybridized carbons (Fsp3) is 0.214. The van der Waals surface area contributed by atoms with E-state index in [9.17, 15) is 0 Å². The van der Waals surface area contributed by atoms with Crippen molar-refractivity contribution in [1.29, 1.82) is 0 Å². The van der Waals surface area contributed by atoms with Crippen molar-refractivity contribution in [3.63, 3.8) is 0 Å². The third-order valence-corrected chi connectivity index (χ3v) is 2.75. The zero-order chi connectivity index (χ0) is 10.7. The second-order valence-electron chi connectivity index (χ2n) is 3.91. The van der Waals surface area contributed by atoms with Crippen LogP contribution in [0, 0.1) is 6.92 Å². The highest BCUT2D eigenvalue weighted by atomic mass is 35.5. The molecule has 1 aromatic carbocycles. The fourth-order valence-electron chi connectivity index (χ4n) is 1.83. The molecule has 0 unspecified atom stereocenters. The first-order valence-corrected chi connectivity index (χ1v) is 5.25. The maximum atomic E-state index is 2.20. The maximum absolute atomic E-state index is 2.20. The van der Waals surface area contributed by atoms with Crippen LogP contribution in [-0.2, 0) is 13.5 Å². The van der Waals surface area contributed by atoms with Gasteiger partial charge in [0.25, 0.3) is 0 Å². The molecule has 0 aliphatic heterocycles. The highest BCUT2D eigenvalue weighted by Crippen LogP contribution is 2.08. The first kappa shape index (κ1) is 12.7. The van der Waals surface area contributed by atoms with Crippen molar-refractivity contribution < 1.29 is 17.0 Å². The smallest absolute Gasteiger partial charge is 0.188 e. The average Bonchev–Trinajstić information content (AvgIpc) is 2.25. The summed E-state index contributed by atoms with van der Waals surface area (Å²) in [6.07, 6.45) is 3.11. The lowest BCUT2D eigenvalue weighted by Gasteiger charge is -2.03. The van der Waals surface area contributed by atoms with Gasteiger partial charge in [-0.25, -0.2) is 4.57 Å². The summed E-state index contributed by atoms with van der Waals surface area (Å²) in [5.74, 6) is 0. The number of halogens is 1. The molecule has 0 saturated carbocycles. The molecule has 0 fully saturated rings. The molecular weight excluding hydrogens is 218 g/mol. The van der Waals surface area contributed by atoms with Crippen molar-refractivity contribution in [2.45, 2.75) is 13.3 Å². The zero-order valence-electron chi connectivity index (χ0n) is 9.65. The number of pyridine rings is 1. The third kappa shape index (κ3) is 2.83. The lowest BCUT2D eigenvalue weighted by Crippen LogP contribution is -3.00. The molecule has 2 heteroatoms. The summed E-state index contributed by atoms with van der Waals surface area (Å²) in [4.78, 5) is 0. The number of aromatic nitrogens is 1. The number of hydrogen-bond acceptors (Lipinski definition) is 0. The highest BCUT2D eigenvalue weighted by molar-refractivity contribution is 5.23. The predicted octanol–water partition coefficient (Wildman–Crippen LogP) is -0.586. The topological polar surface area (TPSA) is 3.88 Å². The van der Waals surface area contributed by atoms with E-state index in [2.05, 4.69) is 67.2 Å². The molecule has 0 bridgehead atoms. The van der Waals surface area contributed by atoms with Crippen LogP contribution in [0.2, 0.25) is 0 Å². The van der Waals surface area contributed by atoms with Gasteiger partial charge in [0.1, 0.15) is 7.05 Å². The van der Waals surface area contributed by atoms with Crippen molar-refractivity contribution in [1.82, 2.24) is 0 Å². The van der Waals surface area contributed by atoms with Crippen LogP contribution in [0.4, 0.5) is 0 Å². The molecule has 0 radical (unpaired) electrons. The highest BCUT2D eigenvalue weighted by Gasteiger charge is 2.09. The predicted molar refractivity (Wildman–Crippen MR) is 61.6 cm³/mol. The Morgan fingerprint density at radius 3 is 2.31 bits per heavy atom. The number of benzene rings is 1. The van der Waals surface area contributed by atoms with Crippen LogP contribution < -0.4 is 17.0 Å². The normalized spacial score (nSPS) is 9.62. The molecule has 84 valence electrons. The number of aryl methyl sites for hydroxylation is 2. The van der Waals surface area contributed by atoms with Crippen molar-refractivity contribution >= 4 is 0 Å². The van der Waals surface area contributed by atoms with E-state index in [-0.39, 0.29) is 12.4 Å². The van der Waals surface area contributed by atoms with E-state index in [1.54, 1.807) is 0 Å². The summed E-state index contributed by atoms with van der Waals surface area (Å²) in [6.45, 7) is 2.16. The molecule has 0 N–H and O–H groups in total. The SMILES string of the molecule is Cc1ccc[n+](C)c1Cc1ccccc1.[Cl-]. The van der Waals surface area contributed by atoms with Gasteiger partial charge in [0, 0.05) is 11.6 Å². The Morgan fingerprint density at radius 2 is 1.69 bits per heavy atom. The molecule has 0 aliphatic carbocycles. The van der Waals surface area contributed by atoms with Gasteiger partial charge >= 0.3 is 0 Å². The van der Waals surface area contributed by atoms with E-state index >= 15 is 0 Å². The van der Waals surface area contributed by atoms with E-state index in [0.29, 0.717) is 0 Å². The minimum atomic E-state index is 0. The van der Waals surface area contributed by atoms with Gasteiger partial charge in [-0.1, -0.05) is 30.3 Å². The zero-order valence-corrected chi connectivity index (χ0v) is 10.4. The van der Waals surface area contributed by atoms with Crippen molar-refractivity contribution in [3.05, 3.63) is 65.5 Å². The molecule has 2 rings (SSSR count). The lowest BCUT2D eigenvalue weighted by molar-refractivity contribution is -0.679. The molecule has 16 heavy (non-hydrogen) atoms. The Bertz CT molecular complexity index is 431. The monoisotopic (exact) mass is 233 g/mol. The van der Waals surface area contributed by atoms with Crippen LogP contribution in [0.15, 0.2) is 48.7 Å². The van der Waals surface area contributed by atoms with Gasteiger partial charge in [-0.05, 0) is 18.6 Å². The molecular formula is C14H16ClN. The van der Waals surface area contributed by atoms with Crippen LogP contribution in [0.1, 0.15) is 16.8 Å². The lowest BCUT2D eigenvalue weighted by atomic mass is 10.1. The minimum Gasteiger partial charge on any atom is -1.00 e. The molecule has 0 spiro atoms. The van der Waals surface area contributed by atoms with Gasteiger partial charge in [-0.2, -0.15) is 0 Å². The molecule has 0 saturated heterocycles. The van der Waals surface area contributed by atoms with Crippen molar-refractivity contribution in [3.8, 4) is 0 Å². The first-order chi connectivity index (χ1) is 7.27. The van der Waals surface area contributed by atoms with E-state index < -0.39 is 0 Å². The van der Waals surface area contributed by atoms with Gasteiger partial charge < -0.3 is 12.4 Å². The van der Waals surface area contributed by atoms with Gasteiger partial charge in [0.05, 0.1) is 6.42 Å². The van der Waals surface area contributed by atoms with Crippen molar-refractivity contribution in [2.24, 2.45) is 7.05 Å². The van der Waals surface area contributed by atoms with Crippen LogP contribution in [0.3, 0.4) is 0 Å². The second kappa shape index (κ2) is 5.66. The van der Waals surface area contributed by atoms with Gasteiger partial charge in [-0.15, -0.1) is 0 Å². The van der Waals surface area contributed by atoms with Crippen molar-refractivity contribution in [2.75, 3.05) is 0 Å². The van der Waals surface area contributed by atoms with Crippen LogP contribution in [0.25, 0.3) is 0 Å². The Balaban J connectivity index is 0.00000128. The standard InChI is InChI=1S/C14H16N.ClH/c1-12-7-6-10-15(2)14(12)11-13-8-4-3-5-9-13;/h3-10H,11H2,1-2H3;1H/q+1;/p-1. The van der Waals surface area contributed by atoms with E-state index in [0.717, 1.165) is 6.42 Å². The fourth-order valence-corrected chi connectivity index (χ4v) is 1.83. The minimum absolute atomic E-state index is 0. The molecule has 1 nitrogen and oxygen atoms in total. The summed E-state index contributed by atoms with van der Waals surface area (Å²) in [6, 6.07) is 14.8. The molecule has 0 amide bonds. The molecule has 0 aliphatic rings. The molecule has 1 aromatic heterocycles. The van der Waals surface area contributed by atoms with Gasteiger partial charge in [-0.3, -0.25) is 0 Å². The Hall–Kier alpha value is -1.34. The number of nitrogens with zero attached hydrogens (tertiary/aromatic N) is 1. The Morgan fingerprint density at radius 1 is 1.00 bits per heavy atom. The molecule has 1 heterocycles. The summed E-state index contributed by atoms with van der Waals surface area (Å²) >= 11 is 0. The van der Waals surface area contributed by atoms with E-state index in [1.807, 2.05) is 0 Å². The molecule has 2 aromatic rings. The van der Waals surface area contributed by atoms with Crippen LogP contribution in [0.5, 0.6) is 0 Å². The number of rotatable bonds is 2. The van der Waals surface area contributed by atoms with Gasteiger partial charge in [0.15, 0.2) is 11.9 Å². The van der Waals surface area contributed by atoms with Gasteiger partial charge in [0.2, 0.25) is 0 Å². The number of hydrogen-bond donors (Lipinski definition) is 0. The Kier molecular flexibility index (Phi) is 4.51. The maximum Gasteiger partial charge on any atom is 0.188 e. The quantitative estimate of drug-likeness (QED) is 0.611. The second-order valence-corrected chi connectivity index (χ2v) is 3.91. The van der Waals surface area contributed by atoms with Crippen LogP contribution in [-0.4, -0.2) is 0 Å². The summed E-state index contributed by atoms with van der Waals surface area (Å²) in [7, 11) is 2.10. The summed E-state index contributed by atoms with van der Waals surface area (Å²) < 4.78 is 2.20. The Labute approximate surface area is 103 Å². The first-order valence-electron chi connectivity index (χ1n) is 5.25. The summed E-state index contributed by atoms with van der Waals surface area (Å²) in [5, 5.41) is 0. The van der Waals surface area contributed by atoms with E-state index in [4.69, 9.17) is 0 Å². The largest absolute Gasteiger partial charge is 1.00 e. The third-order valence-electron chi connectivity index (χ3n) is 2.75. The van der Waals surface area contributed by atoms with E-state index in [1.165, 1.54) is 16.8 Å².